The van der Waals surface area contributed by atoms with Crippen LogP contribution in [0, 0.1) is 0 Å². The van der Waals surface area contributed by atoms with Crippen LogP contribution in [0.4, 0.5) is 5.69 Å². The van der Waals surface area contributed by atoms with Crippen LogP contribution in [-0.4, -0.2) is 34.3 Å². The highest BCUT2D eigenvalue weighted by molar-refractivity contribution is 7.97. The van der Waals surface area contributed by atoms with Gasteiger partial charge in [-0.25, -0.2) is 4.98 Å². The lowest BCUT2D eigenvalue weighted by Crippen LogP contribution is -2.23. The summed E-state index contributed by atoms with van der Waals surface area (Å²) in [6, 6.07) is 15.3. The van der Waals surface area contributed by atoms with E-state index in [1.807, 2.05) is 59.4 Å². The van der Waals surface area contributed by atoms with Crippen molar-refractivity contribution in [3.63, 3.8) is 0 Å². The van der Waals surface area contributed by atoms with E-state index in [2.05, 4.69) is 31.1 Å². The fourth-order valence-corrected chi connectivity index (χ4v) is 3.59. The van der Waals surface area contributed by atoms with Gasteiger partial charge < -0.3 is 14.6 Å². The van der Waals surface area contributed by atoms with E-state index in [1.165, 1.54) is 5.56 Å². The smallest absolute Gasteiger partial charge is 0.326 e. The number of anilines is 1. The van der Waals surface area contributed by atoms with Gasteiger partial charge in [0.25, 0.3) is 5.91 Å². The van der Waals surface area contributed by atoms with E-state index >= 15 is 0 Å². The molecule has 30 heavy (non-hydrogen) atoms. The molecule has 3 aromatic rings. The lowest BCUT2D eigenvalue weighted by molar-refractivity contribution is -0.147. The number of nitrogens with zero attached hydrogens (tertiary/aromatic N) is 2. The van der Waals surface area contributed by atoms with Crippen molar-refractivity contribution < 1.29 is 14.3 Å². The van der Waals surface area contributed by atoms with Crippen LogP contribution in [0.25, 0.3) is 11.0 Å². The number of amides is 1. The number of fused-ring (bicyclic) bond motifs is 1. The molecule has 0 saturated carbocycles. The second-order valence-corrected chi connectivity index (χ2v) is 8.94. The maximum Gasteiger partial charge on any atom is 0.326 e. The first-order valence-electron chi connectivity index (χ1n) is 9.77. The number of hydrogen-bond donors (Lipinski definition) is 1. The van der Waals surface area contributed by atoms with Gasteiger partial charge in [-0.3, -0.25) is 9.59 Å². The molecule has 1 N–H and O–H groups in total. The van der Waals surface area contributed by atoms with E-state index in [1.54, 1.807) is 11.8 Å². The molecule has 0 atom stereocenters. The number of esters is 1. The molecule has 7 heteroatoms. The van der Waals surface area contributed by atoms with E-state index in [9.17, 15) is 9.59 Å². The average molecular weight is 426 g/mol. The van der Waals surface area contributed by atoms with E-state index in [4.69, 9.17) is 4.74 Å². The van der Waals surface area contributed by atoms with Crippen LogP contribution in [-0.2, 0) is 32.0 Å². The number of rotatable bonds is 7. The number of aromatic nitrogens is 2. The normalized spacial score (nSPS) is 11.5. The van der Waals surface area contributed by atoms with Gasteiger partial charge in [-0.05, 0) is 41.5 Å². The minimum Gasteiger partial charge on any atom is -0.454 e. The zero-order valence-corrected chi connectivity index (χ0v) is 18.6. The van der Waals surface area contributed by atoms with Crippen molar-refractivity contribution in [2.45, 2.75) is 38.5 Å². The van der Waals surface area contributed by atoms with Gasteiger partial charge in [0.1, 0.15) is 12.4 Å². The summed E-state index contributed by atoms with van der Waals surface area (Å²) in [5, 5.41) is 2.76. The van der Waals surface area contributed by atoms with Gasteiger partial charge >= 0.3 is 5.97 Å². The lowest BCUT2D eigenvalue weighted by atomic mass is 9.87. The monoisotopic (exact) mass is 425 g/mol. The number of hydrogen-bond acceptors (Lipinski definition) is 5. The quantitative estimate of drug-likeness (QED) is 0.569. The number of carbonyl (C=O) groups is 2. The molecule has 0 bridgehead atoms. The number of ether oxygens (including phenoxy) is 1. The number of imidazole rings is 1. The molecule has 0 aliphatic rings. The number of carbonyl (C=O) groups excluding carboxylic acids is 2. The molecule has 158 valence electrons. The SMILES string of the molecule is CSCc1nc2ccccc2n1CC(=O)OCC(=O)Nc1ccc(C(C)(C)C)cc1. The van der Waals surface area contributed by atoms with Crippen molar-refractivity contribution in [1.29, 1.82) is 0 Å². The van der Waals surface area contributed by atoms with Crippen LogP contribution >= 0.6 is 11.8 Å². The van der Waals surface area contributed by atoms with E-state index < -0.39 is 5.97 Å². The Morgan fingerprint density at radius 3 is 2.47 bits per heavy atom. The minimum absolute atomic E-state index is 0.0178. The number of benzene rings is 2. The van der Waals surface area contributed by atoms with Gasteiger partial charge in [0.15, 0.2) is 6.61 Å². The topological polar surface area (TPSA) is 73.2 Å². The molecule has 0 aliphatic heterocycles. The zero-order valence-electron chi connectivity index (χ0n) is 17.8. The molecule has 1 amide bonds. The molecule has 6 nitrogen and oxygen atoms in total. The second kappa shape index (κ2) is 9.34. The summed E-state index contributed by atoms with van der Waals surface area (Å²) >= 11 is 1.63. The predicted octanol–water partition coefficient (Wildman–Crippen LogP) is 4.38. The first-order chi connectivity index (χ1) is 14.3. The van der Waals surface area contributed by atoms with Crippen molar-refractivity contribution in [3.05, 3.63) is 59.9 Å². The number of thioether (sulfide) groups is 1. The Labute approximate surface area is 181 Å². The number of nitrogens with one attached hydrogen (secondary N) is 1. The summed E-state index contributed by atoms with van der Waals surface area (Å²) in [7, 11) is 0. The highest BCUT2D eigenvalue weighted by atomic mass is 32.2. The highest BCUT2D eigenvalue weighted by Crippen LogP contribution is 2.23. The summed E-state index contributed by atoms with van der Waals surface area (Å²) in [5.74, 6) is 0.655. The lowest BCUT2D eigenvalue weighted by Gasteiger charge is -2.19. The van der Waals surface area contributed by atoms with Crippen LogP contribution in [0.3, 0.4) is 0 Å². The summed E-state index contributed by atoms with van der Waals surface area (Å²) in [6.45, 7) is 6.09. The first-order valence-corrected chi connectivity index (χ1v) is 11.2. The van der Waals surface area contributed by atoms with Gasteiger partial charge in [-0.1, -0.05) is 45.0 Å². The van der Waals surface area contributed by atoms with Crippen molar-refractivity contribution >= 4 is 40.4 Å². The Hall–Kier alpha value is -2.80. The van der Waals surface area contributed by atoms with Crippen LogP contribution < -0.4 is 5.32 Å². The maximum absolute atomic E-state index is 12.4. The molecular weight excluding hydrogens is 398 g/mol. The zero-order chi connectivity index (χ0) is 21.7. The average Bonchev–Trinajstić information content (AvgIpc) is 3.04. The maximum atomic E-state index is 12.4. The van der Waals surface area contributed by atoms with Gasteiger partial charge in [-0.2, -0.15) is 11.8 Å². The Morgan fingerprint density at radius 2 is 1.80 bits per heavy atom. The molecular formula is C23H27N3O3S. The minimum atomic E-state index is -0.473. The largest absolute Gasteiger partial charge is 0.454 e. The summed E-state index contributed by atoms with van der Waals surface area (Å²) in [4.78, 5) is 29.1. The molecule has 1 aromatic heterocycles. The molecule has 0 radical (unpaired) electrons. The van der Waals surface area contributed by atoms with Crippen LogP contribution in [0.15, 0.2) is 48.5 Å². The Kier molecular flexibility index (Phi) is 6.82. The van der Waals surface area contributed by atoms with Crippen LogP contribution in [0.1, 0.15) is 32.2 Å². The third-order valence-corrected chi connectivity index (χ3v) is 5.24. The Bertz CT molecular complexity index is 1040. The van der Waals surface area contributed by atoms with E-state index in [0.717, 1.165) is 16.9 Å². The molecule has 0 spiro atoms. The van der Waals surface area contributed by atoms with Crippen molar-refractivity contribution in [3.8, 4) is 0 Å². The standard InChI is InChI=1S/C23H27N3O3S/c1-23(2,3)16-9-11-17(12-10-16)24-21(27)14-29-22(28)13-26-19-8-6-5-7-18(19)25-20(26)15-30-4/h5-12H,13-15H2,1-4H3,(H,24,27). The predicted molar refractivity (Wildman–Crippen MR) is 122 cm³/mol. The molecule has 0 unspecified atom stereocenters. The molecule has 3 rings (SSSR count). The fourth-order valence-electron chi connectivity index (χ4n) is 3.11. The summed E-state index contributed by atoms with van der Waals surface area (Å²) in [6.07, 6.45) is 1.99. The fraction of sp³-hybridized carbons (Fsp3) is 0.348. The molecule has 2 aromatic carbocycles. The van der Waals surface area contributed by atoms with Gasteiger partial charge in [-0.15, -0.1) is 0 Å². The van der Waals surface area contributed by atoms with Crippen molar-refractivity contribution in [2.75, 3.05) is 18.2 Å². The molecule has 0 fully saturated rings. The van der Waals surface area contributed by atoms with Crippen LogP contribution in [0.5, 0.6) is 0 Å². The molecule has 0 aliphatic carbocycles. The third-order valence-electron chi connectivity index (χ3n) is 4.69. The Morgan fingerprint density at radius 1 is 1.10 bits per heavy atom. The van der Waals surface area contributed by atoms with Gasteiger partial charge in [0.05, 0.1) is 16.8 Å². The summed E-state index contributed by atoms with van der Waals surface area (Å²) in [5.41, 5.74) is 3.62. The van der Waals surface area contributed by atoms with Crippen LogP contribution in [0.2, 0.25) is 0 Å². The first kappa shape index (κ1) is 21.9. The second-order valence-electron chi connectivity index (χ2n) is 8.07. The molecule has 0 saturated heterocycles. The van der Waals surface area contributed by atoms with Gasteiger partial charge in [0, 0.05) is 5.69 Å². The van der Waals surface area contributed by atoms with E-state index in [-0.39, 0.29) is 24.5 Å². The Balaban J connectivity index is 1.58. The van der Waals surface area contributed by atoms with Crippen molar-refractivity contribution in [1.82, 2.24) is 9.55 Å². The van der Waals surface area contributed by atoms with Gasteiger partial charge in [0.2, 0.25) is 0 Å². The van der Waals surface area contributed by atoms with E-state index in [0.29, 0.717) is 11.4 Å². The van der Waals surface area contributed by atoms with Crippen molar-refractivity contribution in [2.24, 2.45) is 0 Å². The summed E-state index contributed by atoms with van der Waals surface area (Å²) < 4.78 is 7.05. The highest BCUT2D eigenvalue weighted by Gasteiger charge is 2.16. The molecule has 1 heterocycles. The number of para-hydroxylation sites is 2. The third kappa shape index (κ3) is 5.42.